The van der Waals surface area contributed by atoms with Crippen molar-refractivity contribution in [3.8, 4) is 0 Å². The van der Waals surface area contributed by atoms with Crippen LogP contribution < -0.4 is 0 Å². The third-order valence-corrected chi connectivity index (χ3v) is 4.60. The van der Waals surface area contributed by atoms with Gasteiger partial charge in [0.05, 0.1) is 23.7 Å². The molecule has 1 unspecified atom stereocenters. The average Bonchev–Trinajstić information content (AvgIpc) is 2.45. The molecule has 1 atom stereocenters. The first kappa shape index (κ1) is 17.6. The van der Waals surface area contributed by atoms with Crippen molar-refractivity contribution in [1.82, 2.24) is 9.88 Å². The van der Waals surface area contributed by atoms with Crippen molar-refractivity contribution in [2.75, 3.05) is 18.1 Å². The van der Waals surface area contributed by atoms with Gasteiger partial charge in [0, 0.05) is 18.1 Å². The summed E-state index contributed by atoms with van der Waals surface area (Å²) in [5.74, 6) is -0.340. The number of pyridine rings is 1. The monoisotopic (exact) mass is 348 g/mol. The summed E-state index contributed by atoms with van der Waals surface area (Å²) >= 11 is 1.55. The molecule has 1 N–H and O–H groups in total. The van der Waals surface area contributed by atoms with Crippen LogP contribution in [0.5, 0.6) is 0 Å². The van der Waals surface area contributed by atoms with Gasteiger partial charge in [-0.3, -0.25) is 9.59 Å². The van der Waals surface area contributed by atoms with E-state index < -0.39 is 29.8 Å². The Labute approximate surface area is 134 Å². The summed E-state index contributed by atoms with van der Waals surface area (Å²) in [4.78, 5) is 28.4. The summed E-state index contributed by atoms with van der Waals surface area (Å²) in [6.45, 7) is 1.70. The van der Waals surface area contributed by atoms with Gasteiger partial charge in [0.1, 0.15) is 5.69 Å². The van der Waals surface area contributed by atoms with Crippen LogP contribution in [0.1, 0.15) is 28.2 Å². The maximum Gasteiger partial charge on any atom is 0.433 e. The summed E-state index contributed by atoms with van der Waals surface area (Å²) in [7, 11) is 0. The largest absolute Gasteiger partial charge is 0.481 e. The third-order valence-electron chi connectivity index (χ3n) is 3.51. The number of aryl methyl sites for hydroxylation is 1. The van der Waals surface area contributed by atoms with E-state index in [-0.39, 0.29) is 17.7 Å². The van der Waals surface area contributed by atoms with Gasteiger partial charge in [-0.15, -0.1) is 0 Å². The normalized spacial score (nSPS) is 18.8. The summed E-state index contributed by atoms with van der Waals surface area (Å²) in [5, 5.41) is 8.93. The van der Waals surface area contributed by atoms with Crippen LogP contribution in [-0.2, 0) is 11.0 Å². The maximum atomic E-state index is 12.6. The van der Waals surface area contributed by atoms with Gasteiger partial charge in [0.2, 0.25) is 0 Å². The number of hydrogen-bond donors (Lipinski definition) is 1. The van der Waals surface area contributed by atoms with Gasteiger partial charge in [-0.1, -0.05) is 0 Å². The Morgan fingerprint density at radius 2 is 2.13 bits per heavy atom. The number of thioether (sulfide) groups is 1. The highest BCUT2D eigenvalue weighted by Gasteiger charge is 2.34. The minimum atomic E-state index is -4.57. The van der Waals surface area contributed by atoms with Gasteiger partial charge in [-0.25, -0.2) is 4.98 Å². The SMILES string of the molecule is Cc1nc(C(F)(F)F)ccc1C(=O)N1CCSCC1CC(=O)O. The molecular formula is C14H15F3N2O3S. The van der Waals surface area contributed by atoms with Gasteiger partial charge in [-0.05, 0) is 19.1 Å². The molecule has 23 heavy (non-hydrogen) atoms. The fourth-order valence-corrected chi connectivity index (χ4v) is 3.45. The number of carboxylic acid groups (broad SMARTS) is 1. The second-order valence-corrected chi connectivity index (χ2v) is 6.30. The minimum absolute atomic E-state index is 0.0165. The van der Waals surface area contributed by atoms with E-state index in [4.69, 9.17) is 5.11 Å². The zero-order valence-electron chi connectivity index (χ0n) is 12.3. The highest BCUT2D eigenvalue weighted by Crippen LogP contribution is 2.29. The Bertz CT molecular complexity index is 622. The van der Waals surface area contributed by atoms with Crippen LogP contribution in [-0.4, -0.2) is 51.0 Å². The second-order valence-electron chi connectivity index (χ2n) is 5.15. The predicted octanol–water partition coefficient (Wildman–Crippen LogP) is 2.44. The number of amides is 1. The number of carbonyl (C=O) groups is 2. The Kier molecular flexibility index (Phi) is 5.18. The summed E-state index contributed by atoms with van der Waals surface area (Å²) in [6.07, 6.45) is -4.76. The van der Waals surface area contributed by atoms with E-state index in [1.54, 1.807) is 11.8 Å². The predicted molar refractivity (Wildman–Crippen MR) is 78.4 cm³/mol. The van der Waals surface area contributed by atoms with Crippen LogP contribution in [0.15, 0.2) is 12.1 Å². The van der Waals surface area contributed by atoms with Crippen molar-refractivity contribution in [3.05, 3.63) is 29.1 Å². The average molecular weight is 348 g/mol. The van der Waals surface area contributed by atoms with E-state index in [0.29, 0.717) is 18.1 Å². The van der Waals surface area contributed by atoms with Crippen molar-refractivity contribution in [3.63, 3.8) is 0 Å². The molecule has 0 spiro atoms. The van der Waals surface area contributed by atoms with E-state index in [0.717, 1.165) is 12.1 Å². The maximum absolute atomic E-state index is 12.6. The smallest absolute Gasteiger partial charge is 0.433 e. The van der Waals surface area contributed by atoms with Crippen LogP contribution in [0.2, 0.25) is 0 Å². The highest BCUT2D eigenvalue weighted by molar-refractivity contribution is 7.99. The molecule has 5 nitrogen and oxygen atoms in total. The lowest BCUT2D eigenvalue weighted by Crippen LogP contribution is -2.47. The molecule has 0 radical (unpaired) electrons. The molecule has 1 aliphatic heterocycles. The number of halogens is 3. The highest BCUT2D eigenvalue weighted by atomic mass is 32.2. The summed E-state index contributed by atoms with van der Waals surface area (Å²) in [5.41, 5.74) is -1.000. The molecule has 1 aliphatic rings. The first-order valence-electron chi connectivity index (χ1n) is 6.85. The summed E-state index contributed by atoms with van der Waals surface area (Å²) < 4.78 is 37.9. The van der Waals surface area contributed by atoms with Gasteiger partial charge in [-0.2, -0.15) is 24.9 Å². The molecule has 2 rings (SSSR count). The van der Waals surface area contributed by atoms with Gasteiger partial charge >= 0.3 is 12.1 Å². The molecule has 9 heteroatoms. The number of aliphatic carboxylic acids is 1. The van der Waals surface area contributed by atoms with Gasteiger partial charge < -0.3 is 10.0 Å². The zero-order chi connectivity index (χ0) is 17.2. The number of aromatic nitrogens is 1. The number of carbonyl (C=O) groups excluding carboxylic acids is 1. The molecule has 1 aromatic rings. The van der Waals surface area contributed by atoms with Crippen LogP contribution >= 0.6 is 11.8 Å². The lowest BCUT2D eigenvalue weighted by atomic mass is 10.1. The molecule has 2 heterocycles. The molecule has 1 amide bonds. The van der Waals surface area contributed by atoms with Gasteiger partial charge in [0.25, 0.3) is 5.91 Å². The lowest BCUT2D eigenvalue weighted by molar-refractivity contribution is -0.141. The minimum Gasteiger partial charge on any atom is -0.481 e. The van der Waals surface area contributed by atoms with Crippen molar-refractivity contribution in [1.29, 1.82) is 0 Å². The Morgan fingerprint density at radius 3 is 2.70 bits per heavy atom. The van der Waals surface area contributed by atoms with Gasteiger partial charge in [0.15, 0.2) is 0 Å². The topological polar surface area (TPSA) is 70.5 Å². The van der Waals surface area contributed by atoms with E-state index in [1.807, 2.05) is 0 Å². The Hall–Kier alpha value is -1.77. The fraction of sp³-hybridized carbons (Fsp3) is 0.500. The molecule has 1 saturated heterocycles. The van der Waals surface area contributed by atoms with Crippen LogP contribution in [0.3, 0.4) is 0 Å². The molecule has 0 aromatic carbocycles. The first-order chi connectivity index (χ1) is 10.7. The molecule has 0 saturated carbocycles. The number of carboxylic acids is 1. The molecule has 0 bridgehead atoms. The zero-order valence-corrected chi connectivity index (χ0v) is 13.1. The molecule has 1 aromatic heterocycles. The molecular weight excluding hydrogens is 333 g/mol. The first-order valence-corrected chi connectivity index (χ1v) is 8.01. The van der Waals surface area contributed by atoms with Crippen molar-refractivity contribution >= 4 is 23.6 Å². The molecule has 1 fully saturated rings. The van der Waals surface area contributed by atoms with Crippen LogP contribution in [0, 0.1) is 6.92 Å². The number of rotatable bonds is 3. The van der Waals surface area contributed by atoms with Crippen LogP contribution in [0.25, 0.3) is 0 Å². The van der Waals surface area contributed by atoms with Crippen molar-refractivity contribution in [2.24, 2.45) is 0 Å². The summed E-state index contributed by atoms with van der Waals surface area (Å²) in [6, 6.07) is 1.40. The standard InChI is InChI=1S/C14H15F3N2O3S/c1-8-10(2-3-11(18-8)14(15,16)17)13(22)19-4-5-23-7-9(19)6-12(20)21/h2-3,9H,4-7H2,1H3,(H,20,21). The number of nitrogens with zero attached hydrogens (tertiary/aromatic N) is 2. The van der Waals surface area contributed by atoms with E-state index in [1.165, 1.54) is 11.8 Å². The molecule has 126 valence electrons. The number of alkyl halides is 3. The fourth-order valence-electron chi connectivity index (χ4n) is 2.39. The van der Waals surface area contributed by atoms with E-state index in [9.17, 15) is 22.8 Å². The van der Waals surface area contributed by atoms with Crippen molar-refractivity contribution < 1.29 is 27.9 Å². The Balaban J connectivity index is 2.26. The quantitative estimate of drug-likeness (QED) is 0.909. The van der Waals surface area contributed by atoms with E-state index >= 15 is 0 Å². The van der Waals surface area contributed by atoms with Crippen molar-refractivity contribution in [2.45, 2.75) is 25.6 Å². The van der Waals surface area contributed by atoms with Crippen LogP contribution in [0.4, 0.5) is 13.2 Å². The second kappa shape index (κ2) is 6.77. The van der Waals surface area contributed by atoms with E-state index in [2.05, 4.69) is 4.98 Å². The number of hydrogen-bond acceptors (Lipinski definition) is 4. The third kappa shape index (κ3) is 4.15. The lowest BCUT2D eigenvalue weighted by Gasteiger charge is -2.35. The Morgan fingerprint density at radius 1 is 1.43 bits per heavy atom. The molecule has 0 aliphatic carbocycles.